The number of aromatic nitrogens is 1. The van der Waals surface area contributed by atoms with Crippen LogP contribution in [0.5, 0.6) is 0 Å². The number of rotatable bonds is 4. The molecule has 6 nitrogen and oxygen atoms in total. The molecule has 1 fully saturated rings. The number of hydrogen-bond acceptors (Lipinski definition) is 5. The Bertz CT molecular complexity index is 866. The minimum Gasteiger partial charge on any atom is -0.394 e. The number of hydrogen-bond donors (Lipinski definition) is 3. The average molecular weight is 411 g/mol. The van der Waals surface area contributed by atoms with Gasteiger partial charge in [-0.2, -0.15) is 0 Å². The van der Waals surface area contributed by atoms with E-state index in [-0.39, 0.29) is 23.2 Å². The van der Waals surface area contributed by atoms with Crippen molar-refractivity contribution in [2.45, 2.75) is 37.8 Å². The maximum Gasteiger partial charge on any atom is 0.322 e. The van der Waals surface area contributed by atoms with Crippen LogP contribution in [-0.2, 0) is 13.0 Å². The number of benzene rings is 1. The van der Waals surface area contributed by atoms with Crippen molar-refractivity contribution >= 4 is 39.8 Å². The second-order valence-electron chi connectivity index (χ2n) is 7.04. The van der Waals surface area contributed by atoms with E-state index in [1.54, 1.807) is 4.90 Å². The number of aliphatic hydroxyl groups is 1. The molecule has 9 heteroatoms. The number of aliphatic hydroxyl groups excluding tert-OH is 1. The van der Waals surface area contributed by atoms with Gasteiger partial charge in [0.25, 0.3) is 0 Å². The predicted octanol–water partition coefficient (Wildman–Crippen LogP) is 3.85. The Morgan fingerprint density at radius 1 is 1.44 bits per heavy atom. The zero-order valence-electron chi connectivity index (χ0n) is 14.6. The number of urea groups is 1. The third kappa shape index (κ3) is 3.74. The first-order valence-electron chi connectivity index (χ1n) is 8.87. The fraction of sp³-hybridized carbons (Fsp3) is 0.444. The van der Waals surface area contributed by atoms with Crippen LogP contribution in [0.2, 0.25) is 5.02 Å². The standard InChI is InChI=1S/C18H20ClFN4O2S/c19-12-8-11(2-3-13(12)20)21-17(26)24-7-4-14-15(9-24)27-16(22-14)23-18(10-25)5-1-6-18/h2-3,8,25H,1,4-7,9-10H2,(H,21,26)(H,22,23). The molecule has 144 valence electrons. The van der Waals surface area contributed by atoms with Crippen LogP contribution in [0.25, 0.3) is 0 Å². The Balaban J connectivity index is 1.41. The summed E-state index contributed by atoms with van der Waals surface area (Å²) < 4.78 is 13.2. The molecule has 2 aromatic rings. The molecule has 2 aliphatic rings. The quantitative estimate of drug-likeness (QED) is 0.715. The van der Waals surface area contributed by atoms with Crippen LogP contribution in [0.1, 0.15) is 29.8 Å². The summed E-state index contributed by atoms with van der Waals surface area (Å²) in [5.41, 5.74) is 1.22. The Morgan fingerprint density at radius 3 is 2.93 bits per heavy atom. The van der Waals surface area contributed by atoms with Gasteiger partial charge < -0.3 is 20.6 Å². The highest BCUT2D eigenvalue weighted by Crippen LogP contribution is 2.37. The summed E-state index contributed by atoms with van der Waals surface area (Å²) in [7, 11) is 0. The van der Waals surface area contributed by atoms with Gasteiger partial charge in [-0.25, -0.2) is 14.2 Å². The first-order chi connectivity index (χ1) is 13.0. The molecule has 0 saturated heterocycles. The van der Waals surface area contributed by atoms with Crippen molar-refractivity contribution in [1.29, 1.82) is 0 Å². The van der Waals surface area contributed by atoms with Gasteiger partial charge in [0.05, 0.1) is 29.4 Å². The maximum absolute atomic E-state index is 13.2. The first kappa shape index (κ1) is 18.5. The Kier molecular flexibility index (Phi) is 4.96. The van der Waals surface area contributed by atoms with Crippen molar-refractivity contribution in [3.8, 4) is 0 Å². The van der Waals surface area contributed by atoms with E-state index in [0.29, 0.717) is 25.2 Å². The fourth-order valence-corrected chi connectivity index (χ4v) is 4.67. The van der Waals surface area contributed by atoms with Crippen LogP contribution < -0.4 is 10.6 Å². The van der Waals surface area contributed by atoms with Gasteiger partial charge in [0, 0.05) is 23.5 Å². The second kappa shape index (κ2) is 7.26. The van der Waals surface area contributed by atoms with Gasteiger partial charge in [-0.15, -0.1) is 0 Å². The molecule has 2 heterocycles. The number of carbonyl (C=O) groups excluding carboxylic acids is 1. The average Bonchev–Trinajstić information content (AvgIpc) is 3.02. The summed E-state index contributed by atoms with van der Waals surface area (Å²) in [4.78, 5) is 19.9. The van der Waals surface area contributed by atoms with Crippen molar-refractivity contribution in [3.05, 3.63) is 39.6 Å². The monoisotopic (exact) mass is 410 g/mol. The number of halogens is 2. The highest BCUT2D eigenvalue weighted by molar-refractivity contribution is 7.15. The molecule has 0 bridgehead atoms. The molecule has 1 aliphatic heterocycles. The lowest BCUT2D eigenvalue weighted by atomic mass is 9.77. The zero-order chi connectivity index (χ0) is 19.0. The van der Waals surface area contributed by atoms with Crippen molar-refractivity contribution < 1.29 is 14.3 Å². The van der Waals surface area contributed by atoms with E-state index < -0.39 is 5.82 Å². The van der Waals surface area contributed by atoms with E-state index in [0.717, 1.165) is 35.0 Å². The lowest BCUT2D eigenvalue weighted by Gasteiger charge is -2.40. The smallest absolute Gasteiger partial charge is 0.322 e. The molecule has 1 aliphatic carbocycles. The summed E-state index contributed by atoms with van der Waals surface area (Å²) in [6, 6.07) is 3.85. The Labute approximate surface area is 165 Å². The highest BCUT2D eigenvalue weighted by atomic mass is 35.5. The largest absolute Gasteiger partial charge is 0.394 e. The van der Waals surface area contributed by atoms with Crippen molar-refractivity contribution in [3.63, 3.8) is 0 Å². The van der Waals surface area contributed by atoms with Gasteiger partial charge in [-0.05, 0) is 37.5 Å². The molecule has 27 heavy (non-hydrogen) atoms. The number of fused-ring (bicyclic) bond motifs is 1. The molecule has 0 unspecified atom stereocenters. The van der Waals surface area contributed by atoms with Gasteiger partial charge in [-0.1, -0.05) is 22.9 Å². The topological polar surface area (TPSA) is 77.5 Å². The molecule has 2 amide bonds. The van der Waals surface area contributed by atoms with Crippen molar-refractivity contribution in [2.24, 2.45) is 0 Å². The van der Waals surface area contributed by atoms with Crippen molar-refractivity contribution in [2.75, 3.05) is 23.8 Å². The molecule has 4 rings (SSSR count). The van der Waals surface area contributed by atoms with Crippen LogP contribution in [-0.4, -0.2) is 39.7 Å². The van der Waals surface area contributed by atoms with Gasteiger partial charge in [0.1, 0.15) is 5.82 Å². The minimum atomic E-state index is -0.519. The second-order valence-corrected chi connectivity index (χ2v) is 8.53. The summed E-state index contributed by atoms with van der Waals surface area (Å²) >= 11 is 7.30. The van der Waals surface area contributed by atoms with Gasteiger partial charge in [0.2, 0.25) is 0 Å². The molecule has 1 saturated carbocycles. The predicted molar refractivity (Wildman–Crippen MR) is 104 cm³/mol. The lowest BCUT2D eigenvalue weighted by molar-refractivity contribution is 0.144. The minimum absolute atomic E-state index is 0.0271. The molecule has 3 N–H and O–H groups in total. The van der Waals surface area contributed by atoms with E-state index in [4.69, 9.17) is 11.6 Å². The van der Waals surface area contributed by atoms with E-state index in [1.165, 1.54) is 29.5 Å². The van der Waals surface area contributed by atoms with Crippen LogP contribution >= 0.6 is 22.9 Å². The number of nitrogens with zero attached hydrogens (tertiary/aromatic N) is 2. The third-order valence-electron chi connectivity index (χ3n) is 5.17. The molecular formula is C18H20ClFN4O2S. The summed E-state index contributed by atoms with van der Waals surface area (Å²) in [5, 5.41) is 16.5. The first-order valence-corrected chi connectivity index (χ1v) is 10.1. The maximum atomic E-state index is 13.2. The van der Waals surface area contributed by atoms with Crippen LogP contribution in [0.3, 0.4) is 0 Å². The van der Waals surface area contributed by atoms with E-state index in [2.05, 4.69) is 15.6 Å². The number of thiazole rings is 1. The van der Waals surface area contributed by atoms with Gasteiger partial charge >= 0.3 is 6.03 Å². The number of carbonyl (C=O) groups is 1. The van der Waals surface area contributed by atoms with Crippen molar-refractivity contribution in [1.82, 2.24) is 9.88 Å². The molecule has 0 spiro atoms. The lowest BCUT2D eigenvalue weighted by Crippen LogP contribution is -2.48. The fourth-order valence-electron chi connectivity index (χ4n) is 3.35. The SMILES string of the molecule is O=C(Nc1ccc(F)c(Cl)c1)N1CCc2nc(NC3(CO)CCC3)sc2C1. The number of nitrogens with one attached hydrogen (secondary N) is 2. The number of amides is 2. The van der Waals surface area contributed by atoms with Gasteiger partial charge in [0.15, 0.2) is 5.13 Å². The molecule has 1 aromatic carbocycles. The molecule has 0 radical (unpaired) electrons. The van der Waals surface area contributed by atoms with E-state index >= 15 is 0 Å². The van der Waals surface area contributed by atoms with Crippen LogP contribution in [0.4, 0.5) is 20.0 Å². The molecule has 1 aromatic heterocycles. The molecule has 0 atom stereocenters. The summed E-state index contributed by atoms with van der Waals surface area (Å²) in [5.74, 6) is -0.519. The number of anilines is 2. The Morgan fingerprint density at radius 2 is 2.26 bits per heavy atom. The normalized spacial score (nSPS) is 17.8. The summed E-state index contributed by atoms with van der Waals surface area (Å²) in [6.45, 7) is 1.13. The zero-order valence-corrected chi connectivity index (χ0v) is 16.2. The highest BCUT2D eigenvalue weighted by Gasteiger charge is 2.37. The van der Waals surface area contributed by atoms with E-state index in [9.17, 15) is 14.3 Å². The van der Waals surface area contributed by atoms with Crippen LogP contribution in [0.15, 0.2) is 18.2 Å². The summed E-state index contributed by atoms with van der Waals surface area (Å²) in [6.07, 6.45) is 3.68. The third-order valence-corrected chi connectivity index (χ3v) is 6.46. The Hall–Kier alpha value is -1.90. The van der Waals surface area contributed by atoms with Crippen LogP contribution in [0, 0.1) is 5.82 Å². The van der Waals surface area contributed by atoms with Gasteiger partial charge in [-0.3, -0.25) is 0 Å². The molecular weight excluding hydrogens is 391 g/mol. The van der Waals surface area contributed by atoms with E-state index in [1.807, 2.05) is 0 Å².